The van der Waals surface area contributed by atoms with Crippen LogP contribution in [0.15, 0.2) is 0 Å². The first-order valence-electron chi connectivity index (χ1n) is 15.0. The molecule has 0 radical (unpaired) electrons. The van der Waals surface area contributed by atoms with Gasteiger partial charge in [0.05, 0.1) is 0 Å². The van der Waals surface area contributed by atoms with Crippen LogP contribution in [-0.2, 0) is 0 Å². The number of rotatable bonds is 27. The molecule has 194 valence electrons. The van der Waals surface area contributed by atoms with Crippen molar-refractivity contribution in [1.82, 2.24) is 0 Å². The predicted octanol–water partition coefficient (Wildman–Crippen LogP) is 11.6. The molecule has 0 fully saturated rings. The maximum absolute atomic E-state index is 4.75. The molecule has 0 bridgehead atoms. The standard InChI is InChI=1S/C30H62S2/c1-3-5-7-9-11-13-15-16-17-19-21-23-25-27-30(28-31,29-32)26-24-22-20-18-14-12-10-8-6-4-2/h31-32H,3-29H2,1-2H3. The highest BCUT2D eigenvalue weighted by Gasteiger charge is 2.25. The summed E-state index contributed by atoms with van der Waals surface area (Å²) in [6, 6.07) is 0. The van der Waals surface area contributed by atoms with E-state index in [4.69, 9.17) is 25.3 Å². The summed E-state index contributed by atoms with van der Waals surface area (Å²) in [6.07, 6.45) is 35.7. The summed E-state index contributed by atoms with van der Waals surface area (Å²) in [5.74, 6) is 2.04. The van der Waals surface area contributed by atoms with Crippen molar-refractivity contribution >= 4 is 25.3 Å². The van der Waals surface area contributed by atoms with Gasteiger partial charge in [-0.3, -0.25) is 0 Å². The van der Waals surface area contributed by atoms with Crippen LogP contribution in [0.3, 0.4) is 0 Å². The molecule has 0 saturated heterocycles. The minimum Gasteiger partial charge on any atom is -0.179 e. The third-order valence-electron chi connectivity index (χ3n) is 7.54. The zero-order valence-electron chi connectivity index (χ0n) is 22.5. The molecule has 0 heterocycles. The molecular weight excluding hydrogens is 424 g/mol. The van der Waals surface area contributed by atoms with Gasteiger partial charge in [-0.2, -0.15) is 25.3 Å². The summed E-state index contributed by atoms with van der Waals surface area (Å²) in [7, 11) is 0. The van der Waals surface area contributed by atoms with E-state index < -0.39 is 0 Å². The molecule has 0 atom stereocenters. The summed E-state index contributed by atoms with van der Waals surface area (Å²) in [4.78, 5) is 0. The summed E-state index contributed by atoms with van der Waals surface area (Å²) in [6.45, 7) is 4.60. The van der Waals surface area contributed by atoms with Gasteiger partial charge in [-0.1, -0.05) is 162 Å². The van der Waals surface area contributed by atoms with Crippen molar-refractivity contribution in [3.05, 3.63) is 0 Å². The second kappa shape index (κ2) is 26.3. The van der Waals surface area contributed by atoms with Crippen molar-refractivity contribution in [2.75, 3.05) is 11.5 Å². The van der Waals surface area contributed by atoms with Gasteiger partial charge in [-0.15, -0.1) is 0 Å². The van der Waals surface area contributed by atoms with Crippen LogP contribution in [0.2, 0.25) is 0 Å². The lowest BCUT2D eigenvalue weighted by Crippen LogP contribution is -2.25. The van der Waals surface area contributed by atoms with Crippen molar-refractivity contribution in [3.63, 3.8) is 0 Å². The molecule has 0 aliphatic heterocycles. The highest BCUT2D eigenvalue weighted by atomic mass is 32.1. The second-order valence-electron chi connectivity index (χ2n) is 10.7. The molecule has 32 heavy (non-hydrogen) atoms. The Morgan fingerprint density at radius 1 is 0.344 bits per heavy atom. The summed E-state index contributed by atoms with van der Waals surface area (Å²) >= 11 is 9.50. The highest BCUT2D eigenvalue weighted by Crippen LogP contribution is 2.34. The van der Waals surface area contributed by atoms with Gasteiger partial charge in [0.1, 0.15) is 0 Å². The van der Waals surface area contributed by atoms with E-state index in [1.165, 1.54) is 161 Å². The fourth-order valence-corrected chi connectivity index (χ4v) is 6.03. The maximum Gasteiger partial charge on any atom is -0.00334 e. The normalized spacial score (nSPS) is 12.0. The number of unbranched alkanes of at least 4 members (excludes halogenated alkanes) is 21. The molecule has 0 aromatic rings. The van der Waals surface area contributed by atoms with Gasteiger partial charge < -0.3 is 0 Å². The van der Waals surface area contributed by atoms with Crippen molar-refractivity contribution < 1.29 is 0 Å². The van der Waals surface area contributed by atoms with Crippen LogP contribution in [0.4, 0.5) is 0 Å². The fourth-order valence-electron chi connectivity index (χ4n) is 5.00. The third-order valence-corrected chi connectivity index (χ3v) is 8.88. The Hall–Kier alpha value is 0.700. The SMILES string of the molecule is CCCCCCCCCCCCCCCC(CS)(CS)CCCCCCCCCCCC. The minimum absolute atomic E-state index is 0.393. The molecule has 0 aromatic heterocycles. The number of hydrogen-bond donors (Lipinski definition) is 2. The molecular formula is C30H62S2. The Kier molecular flexibility index (Phi) is 26.9. The molecule has 0 unspecified atom stereocenters. The summed E-state index contributed by atoms with van der Waals surface area (Å²) < 4.78 is 0. The zero-order chi connectivity index (χ0) is 23.6. The van der Waals surface area contributed by atoms with Crippen LogP contribution in [0.5, 0.6) is 0 Å². The van der Waals surface area contributed by atoms with Gasteiger partial charge >= 0.3 is 0 Å². The Morgan fingerprint density at radius 2 is 0.562 bits per heavy atom. The summed E-state index contributed by atoms with van der Waals surface area (Å²) in [5, 5.41) is 0. The van der Waals surface area contributed by atoms with Crippen LogP contribution in [0, 0.1) is 5.41 Å². The Labute approximate surface area is 216 Å². The van der Waals surface area contributed by atoms with E-state index in [0.717, 1.165) is 11.5 Å². The quantitative estimate of drug-likeness (QED) is 0.0836. The molecule has 0 aliphatic rings. The third kappa shape index (κ3) is 21.2. The lowest BCUT2D eigenvalue weighted by molar-refractivity contribution is 0.298. The Balaban J connectivity index is 3.58. The van der Waals surface area contributed by atoms with Crippen LogP contribution >= 0.6 is 25.3 Å². The van der Waals surface area contributed by atoms with Crippen molar-refractivity contribution in [2.45, 2.75) is 174 Å². The van der Waals surface area contributed by atoms with E-state index in [0.29, 0.717) is 5.41 Å². The number of hydrogen-bond acceptors (Lipinski definition) is 2. The Bertz CT molecular complexity index is 338. The van der Waals surface area contributed by atoms with Crippen LogP contribution in [0.25, 0.3) is 0 Å². The number of thiol groups is 2. The highest BCUT2D eigenvalue weighted by molar-refractivity contribution is 7.81. The van der Waals surface area contributed by atoms with E-state index >= 15 is 0 Å². The molecule has 0 spiro atoms. The monoisotopic (exact) mass is 486 g/mol. The second-order valence-corrected chi connectivity index (χ2v) is 11.4. The Morgan fingerprint density at radius 3 is 0.781 bits per heavy atom. The molecule has 0 rings (SSSR count). The minimum atomic E-state index is 0.393. The molecule has 0 aromatic carbocycles. The van der Waals surface area contributed by atoms with Crippen LogP contribution in [0.1, 0.15) is 174 Å². The van der Waals surface area contributed by atoms with E-state index in [-0.39, 0.29) is 0 Å². The average molecular weight is 487 g/mol. The van der Waals surface area contributed by atoms with Gasteiger partial charge in [0.25, 0.3) is 0 Å². The molecule has 0 nitrogen and oxygen atoms in total. The molecule has 0 N–H and O–H groups in total. The van der Waals surface area contributed by atoms with Gasteiger partial charge in [-0.25, -0.2) is 0 Å². The smallest absolute Gasteiger partial charge is 0.00334 e. The largest absolute Gasteiger partial charge is 0.179 e. The van der Waals surface area contributed by atoms with E-state index in [1.54, 1.807) is 0 Å². The van der Waals surface area contributed by atoms with Gasteiger partial charge in [0.15, 0.2) is 0 Å². The van der Waals surface area contributed by atoms with Crippen molar-refractivity contribution in [1.29, 1.82) is 0 Å². The van der Waals surface area contributed by atoms with E-state index in [9.17, 15) is 0 Å². The molecule has 2 heteroatoms. The molecule has 0 aliphatic carbocycles. The topological polar surface area (TPSA) is 0 Å². The predicted molar refractivity (Wildman–Crippen MR) is 157 cm³/mol. The first-order valence-corrected chi connectivity index (χ1v) is 16.2. The van der Waals surface area contributed by atoms with Gasteiger partial charge in [0.2, 0.25) is 0 Å². The van der Waals surface area contributed by atoms with Crippen molar-refractivity contribution in [3.8, 4) is 0 Å². The van der Waals surface area contributed by atoms with Gasteiger partial charge in [0, 0.05) is 0 Å². The first kappa shape index (κ1) is 32.7. The maximum atomic E-state index is 4.75. The van der Waals surface area contributed by atoms with E-state index in [2.05, 4.69) is 13.8 Å². The van der Waals surface area contributed by atoms with E-state index in [1.807, 2.05) is 0 Å². The van der Waals surface area contributed by atoms with Crippen molar-refractivity contribution in [2.24, 2.45) is 5.41 Å². The van der Waals surface area contributed by atoms with Crippen LogP contribution < -0.4 is 0 Å². The average Bonchev–Trinajstić information content (AvgIpc) is 2.82. The lowest BCUT2D eigenvalue weighted by atomic mass is 9.81. The molecule has 0 amide bonds. The fraction of sp³-hybridized carbons (Fsp3) is 1.00. The zero-order valence-corrected chi connectivity index (χ0v) is 24.3. The molecule has 0 saturated carbocycles. The van der Waals surface area contributed by atoms with Crippen LogP contribution in [-0.4, -0.2) is 11.5 Å². The van der Waals surface area contributed by atoms with Gasteiger partial charge in [-0.05, 0) is 29.8 Å². The summed E-state index contributed by atoms with van der Waals surface area (Å²) in [5.41, 5.74) is 0.393. The first-order chi connectivity index (χ1) is 15.7. The lowest BCUT2D eigenvalue weighted by Gasteiger charge is -2.31.